The molecule has 3 nitrogen and oxygen atoms in total. The van der Waals surface area contributed by atoms with Crippen molar-refractivity contribution in [2.75, 3.05) is 13.1 Å². The molecule has 1 saturated heterocycles. The van der Waals surface area contributed by atoms with Crippen molar-refractivity contribution in [1.29, 1.82) is 0 Å². The molecule has 4 heteroatoms. The molecule has 0 radical (unpaired) electrons. The molecule has 66 valence electrons. The van der Waals surface area contributed by atoms with E-state index in [1.807, 2.05) is 0 Å². The molecular formula is C7H15ClN2O. The monoisotopic (exact) mass is 178 g/mol. The molecule has 1 rings (SSSR count). The normalized spacial score (nSPS) is 24.8. The third-order valence-electron chi connectivity index (χ3n) is 1.93. The number of carbonyl (C=O) groups is 1. The van der Waals surface area contributed by atoms with E-state index < -0.39 is 0 Å². The van der Waals surface area contributed by atoms with Gasteiger partial charge in [-0.25, -0.2) is 0 Å². The van der Waals surface area contributed by atoms with Gasteiger partial charge in [-0.15, -0.1) is 12.4 Å². The average molecular weight is 179 g/mol. The standard InChI is InChI=1S/C7H14N2O.ClH/c8-5-6-3-1-2-4-9-7(6)10;/h6H,1-5,8H2,(H,9,10);1H/t6-;/m0./s1. The number of rotatable bonds is 1. The van der Waals surface area contributed by atoms with Crippen molar-refractivity contribution >= 4 is 18.3 Å². The first-order chi connectivity index (χ1) is 4.84. The SMILES string of the molecule is Cl.NC[C@@H]1CCCCNC1=O. The van der Waals surface area contributed by atoms with Gasteiger partial charge in [0.05, 0.1) is 5.92 Å². The first-order valence-electron chi connectivity index (χ1n) is 3.82. The molecule has 1 atom stereocenters. The highest BCUT2D eigenvalue weighted by atomic mass is 35.5. The fraction of sp³-hybridized carbons (Fsp3) is 0.857. The number of halogens is 1. The highest BCUT2D eigenvalue weighted by molar-refractivity contribution is 5.85. The van der Waals surface area contributed by atoms with E-state index in [2.05, 4.69) is 5.32 Å². The van der Waals surface area contributed by atoms with Gasteiger partial charge in [0.25, 0.3) is 0 Å². The van der Waals surface area contributed by atoms with Gasteiger partial charge in [0.2, 0.25) is 5.91 Å². The third-order valence-corrected chi connectivity index (χ3v) is 1.93. The quantitative estimate of drug-likeness (QED) is 0.606. The van der Waals surface area contributed by atoms with Gasteiger partial charge >= 0.3 is 0 Å². The van der Waals surface area contributed by atoms with Gasteiger partial charge in [0.15, 0.2) is 0 Å². The van der Waals surface area contributed by atoms with E-state index >= 15 is 0 Å². The van der Waals surface area contributed by atoms with Crippen LogP contribution in [0.25, 0.3) is 0 Å². The molecule has 0 bridgehead atoms. The number of nitrogens with one attached hydrogen (secondary N) is 1. The number of hydrogen-bond donors (Lipinski definition) is 2. The van der Waals surface area contributed by atoms with E-state index in [-0.39, 0.29) is 24.2 Å². The molecule has 11 heavy (non-hydrogen) atoms. The molecule has 0 unspecified atom stereocenters. The van der Waals surface area contributed by atoms with Crippen LogP contribution in [-0.4, -0.2) is 19.0 Å². The summed E-state index contributed by atoms with van der Waals surface area (Å²) in [6, 6.07) is 0. The first-order valence-corrected chi connectivity index (χ1v) is 3.82. The maximum Gasteiger partial charge on any atom is 0.224 e. The second kappa shape index (κ2) is 5.38. The average Bonchev–Trinajstić information content (AvgIpc) is 2.13. The van der Waals surface area contributed by atoms with Crippen LogP contribution in [-0.2, 0) is 4.79 Å². The van der Waals surface area contributed by atoms with Crippen molar-refractivity contribution in [3.63, 3.8) is 0 Å². The summed E-state index contributed by atoms with van der Waals surface area (Å²) < 4.78 is 0. The molecule has 0 aliphatic carbocycles. The fourth-order valence-electron chi connectivity index (χ4n) is 1.23. The van der Waals surface area contributed by atoms with Crippen molar-refractivity contribution in [3.8, 4) is 0 Å². The summed E-state index contributed by atoms with van der Waals surface area (Å²) in [4.78, 5) is 11.1. The third kappa shape index (κ3) is 3.08. The molecule has 0 aromatic heterocycles. The number of hydrogen-bond acceptors (Lipinski definition) is 2. The zero-order valence-electron chi connectivity index (χ0n) is 6.51. The predicted molar refractivity (Wildman–Crippen MR) is 46.7 cm³/mol. The minimum atomic E-state index is 0. The van der Waals surface area contributed by atoms with E-state index in [1.54, 1.807) is 0 Å². The van der Waals surface area contributed by atoms with Crippen LogP contribution in [0.5, 0.6) is 0 Å². The highest BCUT2D eigenvalue weighted by Crippen LogP contribution is 2.10. The Bertz CT molecular complexity index is 130. The summed E-state index contributed by atoms with van der Waals surface area (Å²) in [5.41, 5.74) is 5.40. The minimum absolute atomic E-state index is 0. The Kier molecular flexibility index (Phi) is 5.24. The Morgan fingerprint density at radius 3 is 2.91 bits per heavy atom. The molecule has 0 spiro atoms. The topological polar surface area (TPSA) is 55.1 Å². The molecule has 0 aromatic carbocycles. The van der Waals surface area contributed by atoms with Crippen LogP contribution in [0.15, 0.2) is 0 Å². The highest BCUT2D eigenvalue weighted by Gasteiger charge is 2.17. The van der Waals surface area contributed by atoms with Crippen molar-refractivity contribution in [3.05, 3.63) is 0 Å². The van der Waals surface area contributed by atoms with Gasteiger partial charge in [0.1, 0.15) is 0 Å². The predicted octanol–water partition coefficient (Wildman–Crippen LogP) is 0.283. The zero-order chi connectivity index (χ0) is 7.40. The van der Waals surface area contributed by atoms with Crippen molar-refractivity contribution in [2.45, 2.75) is 19.3 Å². The van der Waals surface area contributed by atoms with E-state index in [9.17, 15) is 4.79 Å². The Morgan fingerprint density at radius 2 is 2.27 bits per heavy atom. The summed E-state index contributed by atoms with van der Waals surface area (Å²) in [5.74, 6) is 0.211. The van der Waals surface area contributed by atoms with E-state index in [0.717, 1.165) is 25.8 Å². The Hall–Kier alpha value is -0.280. The lowest BCUT2D eigenvalue weighted by atomic mass is 10.0. The van der Waals surface area contributed by atoms with Crippen molar-refractivity contribution in [1.82, 2.24) is 5.32 Å². The second-order valence-corrected chi connectivity index (χ2v) is 2.72. The van der Waals surface area contributed by atoms with E-state index in [4.69, 9.17) is 5.73 Å². The molecule has 1 aliphatic rings. The lowest BCUT2D eigenvalue weighted by Gasteiger charge is -2.08. The number of nitrogens with two attached hydrogens (primary N) is 1. The molecule has 0 saturated carbocycles. The number of carbonyl (C=O) groups excluding carboxylic acids is 1. The van der Waals surface area contributed by atoms with Crippen LogP contribution in [0.3, 0.4) is 0 Å². The minimum Gasteiger partial charge on any atom is -0.356 e. The Labute approximate surface area is 73.1 Å². The van der Waals surface area contributed by atoms with Crippen LogP contribution in [0.1, 0.15) is 19.3 Å². The van der Waals surface area contributed by atoms with Crippen molar-refractivity contribution < 1.29 is 4.79 Å². The molecule has 1 aliphatic heterocycles. The van der Waals surface area contributed by atoms with E-state index in [1.165, 1.54) is 0 Å². The first kappa shape index (κ1) is 10.7. The second-order valence-electron chi connectivity index (χ2n) is 2.72. The van der Waals surface area contributed by atoms with Crippen LogP contribution < -0.4 is 11.1 Å². The maximum absolute atomic E-state index is 11.1. The summed E-state index contributed by atoms with van der Waals surface area (Å²) in [5, 5.41) is 2.83. The lowest BCUT2D eigenvalue weighted by molar-refractivity contribution is -0.124. The largest absolute Gasteiger partial charge is 0.356 e. The Balaban J connectivity index is 0.000001000. The lowest BCUT2D eigenvalue weighted by Crippen LogP contribution is -2.33. The summed E-state index contributed by atoms with van der Waals surface area (Å²) in [6.45, 7) is 1.32. The van der Waals surface area contributed by atoms with Crippen LogP contribution in [0.4, 0.5) is 0 Å². The number of amides is 1. The zero-order valence-corrected chi connectivity index (χ0v) is 7.32. The molecule has 0 aromatic rings. The smallest absolute Gasteiger partial charge is 0.224 e. The fourth-order valence-corrected chi connectivity index (χ4v) is 1.23. The van der Waals surface area contributed by atoms with Gasteiger partial charge in [-0.05, 0) is 12.8 Å². The van der Waals surface area contributed by atoms with Gasteiger partial charge in [0, 0.05) is 13.1 Å². The molecule has 3 N–H and O–H groups in total. The van der Waals surface area contributed by atoms with Crippen molar-refractivity contribution in [2.24, 2.45) is 11.7 Å². The van der Waals surface area contributed by atoms with Gasteiger partial charge in [-0.3, -0.25) is 4.79 Å². The molecule has 1 heterocycles. The van der Waals surface area contributed by atoms with Gasteiger partial charge < -0.3 is 11.1 Å². The molecule has 1 fully saturated rings. The van der Waals surface area contributed by atoms with Crippen LogP contribution in [0.2, 0.25) is 0 Å². The summed E-state index contributed by atoms with van der Waals surface area (Å²) >= 11 is 0. The van der Waals surface area contributed by atoms with Gasteiger partial charge in [-0.1, -0.05) is 6.42 Å². The van der Waals surface area contributed by atoms with Gasteiger partial charge in [-0.2, -0.15) is 0 Å². The summed E-state index contributed by atoms with van der Waals surface area (Å²) in [6.07, 6.45) is 3.19. The Morgan fingerprint density at radius 1 is 1.55 bits per heavy atom. The maximum atomic E-state index is 11.1. The van der Waals surface area contributed by atoms with Crippen LogP contribution in [0, 0.1) is 5.92 Å². The van der Waals surface area contributed by atoms with Crippen LogP contribution >= 0.6 is 12.4 Å². The molecule has 1 amide bonds. The molecular weight excluding hydrogens is 164 g/mol. The van der Waals surface area contributed by atoms with E-state index in [0.29, 0.717) is 6.54 Å². The summed E-state index contributed by atoms with van der Waals surface area (Å²) in [7, 11) is 0.